The zero-order chi connectivity index (χ0) is 23.3. The molecule has 0 bridgehead atoms. The molecule has 0 heterocycles. The Morgan fingerprint density at radius 1 is 0.812 bits per heavy atom. The lowest BCUT2D eigenvalue weighted by Gasteiger charge is -2.16. The summed E-state index contributed by atoms with van der Waals surface area (Å²) in [4.78, 5) is -0.0500. The third kappa shape index (κ3) is 5.95. The number of thiocarbonyl (C=S) groups is 1. The van der Waals surface area contributed by atoms with Gasteiger partial charge < -0.3 is 20.1 Å². The van der Waals surface area contributed by atoms with E-state index in [1.165, 1.54) is 20.3 Å². The Balaban J connectivity index is 1.86. The molecular weight excluding hydrogens is 493 g/mol. The van der Waals surface area contributed by atoms with E-state index in [4.69, 9.17) is 44.9 Å². The van der Waals surface area contributed by atoms with Gasteiger partial charge in [-0.05, 0) is 66.8 Å². The first-order valence-electron chi connectivity index (χ1n) is 9.10. The van der Waals surface area contributed by atoms with Crippen LogP contribution in [0.1, 0.15) is 0 Å². The third-order valence-electron chi connectivity index (χ3n) is 4.25. The molecule has 0 saturated heterocycles. The van der Waals surface area contributed by atoms with Crippen LogP contribution in [0.4, 0.5) is 17.1 Å². The van der Waals surface area contributed by atoms with Crippen LogP contribution in [0, 0.1) is 0 Å². The van der Waals surface area contributed by atoms with Gasteiger partial charge in [-0.1, -0.05) is 23.2 Å². The average molecular weight is 512 g/mol. The highest BCUT2D eigenvalue weighted by Crippen LogP contribution is 2.29. The summed E-state index contributed by atoms with van der Waals surface area (Å²) < 4.78 is 39.1. The average Bonchev–Trinajstić information content (AvgIpc) is 2.76. The number of halogens is 2. The number of sulfonamides is 1. The van der Waals surface area contributed by atoms with E-state index < -0.39 is 10.0 Å². The van der Waals surface area contributed by atoms with Gasteiger partial charge in [-0.25, -0.2) is 8.42 Å². The second-order valence-electron chi connectivity index (χ2n) is 6.40. The Kier molecular flexibility index (Phi) is 7.68. The van der Waals surface area contributed by atoms with Crippen LogP contribution in [-0.4, -0.2) is 27.7 Å². The summed E-state index contributed by atoms with van der Waals surface area (Å²) in [6, 6.07) is 16.0. The van der Waals surface area contributed by atoms with Crippen LogP contribution >= 0.6 is 35.4 Å². The van der Waals surface area contributed by atoms with Crippen molar-refractivity contribution < 1.29 is 17.9 Å². The molecule has 3 aromatic carbocycles. The van der Waals surface area contributed by atoms with Crippen molar-refractivity contribution >= 4 is 67.6 Å². The lowest BCUT2D eigenvalue weighted by molar-refractivity contribution is 0.413. The zero-order valence-corrected chi connectivity index (χ0v) is 20.1. The summed E-state index contributed by atoms with van der Waals surface area (Å²) in [7, 11) is -1.01. The van der Waals surface area contributed by atoms with E-state index >= 15 is 0 Å². The van der Waals surface area contributed by atoms with E-state index in [9.17, 15) is 8.42 Å². The first-order chi connectivity index (χ1) is 15.2. The summed E-state index contributed by atoms with van der Waals surface area (Å²) in [5.41, 5.74) is 1.21. The molecule has 0 unspecified atom stereocenters. The standard InChI is InChI=1S/C21H19Cl2N3O4S2/c1-29-15-6-3-13(4-7-15)26-32(27,28)20-12-16(30-2)8-10-19(20)25-21(31)24-14-5-9-17(22)18(23)11-14/h3-12,26H,1-2H3,(H2,24,25,31). The number of nitrogens with one attached hydrogen (secondary N) is 3. The largest absolute Gasteiger partial charge is 0.497 e. The van der Waals surface area contributed by atoms with Gasteiger partial charge in [-0.15, -0.1) is 0 Å². The molecule has 3 rings (SSSR count). The Morgan fingerprint density at radius 3 is 2.06 bits per heavy atom. The van der Waals surface area contributed by atoms with Crippen LogP contribution in [0.2, 0.25) is 10.0 Å². The predicted molar refractivity (Wildman–Crippen MR) is 133 cm³/mol. The Morgan fingerprint density at radius 2 is 1.44 bits per heavy atom. The summed E-state index contributed by atoms with van der Waals surface area (Å²) in [6.45, 7) is 0. The Labute approximate surface area is 201 Å². The maximum absolute atomic E-state index is 13.1. The van der Waals surface area contributed by atoms with Crippen LogP contribution in [0.3, 0.4) is 0 Å². The molecule has 0 fully saturated rings. The molecule has 11 heteroatoms. The maximum Gasteiger partial charge on any atom is 0.264 e. The molecule has 0 aromatic heterocycles. The monoisotopic (exact) mass is 511 g/mol. The van der Waals surface area contributed by atoms with E-state index in [2.05, 4.69) is 15.4 Å². The molecule has 0 aliphatic rings. The molecule has 0 aliphatic carbocycles. The molecule has 7 nitrogen and oxygen atoms in total. The molecule has 3 aromatic rings. The van der Waals surface area contributed by atoms with Crippen LogP contribution in [0.25, 0.3) is 0 Å². The van der Waals surface area contributed by atoms with Crippen LogP contribution in [0.5, 0.6) is 11.5 Å². The first-order valence-corrected chi connectivity index (χ1v) is 11.7. The zero-order valence-electron chi connectivity index (χ0n) is 17.0. The van der Waals surface area contributed by atoms with Gasteiger partial charge in [0.05, 0.1) is 30.0 Å². The van der Waals surface area contributed by atoms with Crippen molar-refractivity contribution in [3.63, 3.8) is 0 Å². The van der Waals surface area contributed by atoms with E-state index in [0.717, 1.165) is 0 Å². The van der Waals surface area contributed by atoms with E-state index in [1.807, 2.05) is 0 Å². The molecular formula is C21H19Cl2N3O4S2. The SMILES string of the molecule is COc1ccc(NS(=O)(=O)c2cc(OC)ccc2NC(=S)Nc2ccc(Cl)c(Cl)c2)cc1. The molecule has 168 valence electrons. The predicted octanol–water partition coefficient (Wildman–Crippen LogP) is 5.62. The van der Waals surface area contributed by atoms with Crippen molar-refractivity contribution in [3.8, 4) is 11.5 Å². The topological polar surface area (TPSA) is 88.7 Å². The molecule has 0 atom stereocenters. The van der Waals surface area contributed by atoms with Gasteiger partial charge in [-0.2, -0.15) is 0 Å². The van der Waals surface area contributed by atoms with Gasteiger partial charge in [0.25, 0.3) is 10.0 Å². The van der Waals surface area contributed by atoms with Gasteiger partial charge >= 0.3 is 0 Å². The normalized spacial score (nSPS) is 10.9. The van der Waals surface area contributed by atoms with Gasteiger partial charge in [0.1, 0.15) is 16.4 Å². The van der Waals surface area contributed by atoms with E-state index in [-0.39, 0.29) is 15.7 Å². The highest BCUT2D eigenvalue weighted by Gasteiger charge is 2.21. The van der Waals surface area contributed by atoms with Crippen molar-refractivity contribution in [1.82, 2.24) is 0 Å². The number of methoxy groups -OCH3 is 2. The fourth-order valence-corrected chi connectivity index (χ4v) is 4.45. The fraction of sp³-hybridized carbons (Fsp3) is 0.0952. The van der Waals surface area contributed by atoms with Crippen molar-refractivity contribution in [2.45, 2.75) is 4.90 Å². The van der Waals surface area contributed by atoms with Gasteiger partial charge in [0, 0.05) is 17.4 Å². The molecule has 32 heavy (non-hydrogen) atoms. The lowest BCUT2D eigenvalue weighted by Crippen LogP contribution is -2.22. The number of rotatable bonds is 7. The van der Waals surface area contributed by atoms with Crippen LogP contribution in [0.15, 0.2) is 65.6 Å². The van der Waals surface area contributed by atoms with Crippen LogP contribution in [-0.2, 0) is 10.0 Å². The summed E-state index contributed by atoms with van der Waals surface area (Å²) >= 11 is 17.3. The minimum Gasteiger partial charge on any atom is -0.497 e. The van der Waals surface area contributed by atoms with Crippen molar-refractivity contribution in [3.05, 3.63) is 70.7 Å². The second-order valence-corrected chi connectivity index (χ2v) is 9.28. The van der Waals surface area contributed by atoms with E-state index in [1.54, 1.807) is 54.6 Å². The second kappa shape index (κ2) is 10.3. The highest BCUT2D eigenvalue weighted by atomic mass is 35.5. The minimum atomic E-state index is -3.99. The van der Waals surface area contributed by atoms with Crippen molar-refractivity contribution in [2.75, 3.05) is 29.6 Å². The van der Waals surface area contributed by atoms with E-state index in [0.29, 0.717) is 32.9 Å². The first kappa shape index (κ1) is 23.9. The third-order valence-corrected chi connectivity index (χ3v) is 6.61. The number of ether oxygens (including phenoxy) is 2. The number of hydrogen-bond acceptors (Lipinski definition) is 5. The molecule has 0 spiro atoms. The fourth-order valence-electron chi connectivity index (χ4n) is 2.68. The van der Waals surface area contributed by atoms with Crippen molar-refractivity contribution in [1.29, 1.82) is 0 Å². The molecule has 0 radical (unpaired) electrons. The van der Waals surface area contributed by atoms with Gasteiger partial charge in [-0.3, -0.25) is 4.72 Å². The highest BCUT2D eigenvalue weighted by molar-refractivity contribution is 7.93. The van der Waals surface area contributed by atoms with Gasteiger partial charge in [0.2, 0.25) is 0 Å². The summed E-state index contributed by atoms with van der Waals surface area (Å²) in [5, 5.41) is 6.77. The Bertz CT molecular complexity index is 1240. The number of benzene rings is 3. The maximum atomic E-state index is 13.1. The van der Waals surface area contributed by atoms with Crippen LogP contribution < -0.4 is 24.8 Å². The minimum absolute atomic E-state index is 0.0500. The smallest absolute Gasteiger partial charge is 0.264 e. The number of hydrogen-bond donors (Lipinski definition) is 3. The Hall–Kier alpha value is -2.72. The van der Waals surface area contributed by atoms with Gasteiger partial charge in [0.15, 0.2) is 5.11 Å². The molecule has 0 amide bonds. The lowest BCUT2D eigenvalue weighted by atomic mass is 10.3. The summed E-state index contributed by atoms with van der Waals surface area (Å²) in [5.74, 6) is 0.976. The summed E-state index contributed by atoms with van der Waals surface area (Å²) in [6.07, 6.45) is 0. The molecule has 3 N–H and O–H groups in total. The number of anilines is 3. The quantitative estimate of drug-likeness (QED) is 0.354. The molecule has 0 aliphatic heterocycles. The molecule has 0 saturated carbocycles. The van der Waals surface area contributed by atoms with Crippen molar-refractivity contribution in [2.24, 2.45) is 0 Å².